The van der Waals surface area contributed by atoms with Gasteiger partial charge in [0.05, 0.1) is 17.9 Å². The summed E-state index contributed by atoms with van der Waals surface area (Å²) in [6.07, 6.45) is 1.59. The maximum atomic E-state index is 14.6. The van der Waals surface area contributed by atoms with Gasteiger partial charge >= 0.3 is 0 Å². The van der Waals surface area contributed by atoms with Crippen LogP contribution in [-0.4, -0.2) is 82.6 Å². The average Bonchev–Trinajstić information content (AvgIpc) is 4.12. The van der Waals surface area contributed by atoms with Gasteiger partial charge in [-0.3, -0.25) is 19.1 Å². The molecule has 16 heteroatoms. The Bertz CT molecular complexity index is 2630. The molecule has 0 bridgehead atoms. The van der Waals surface area contributed by atoms with Gasteiger partial charge in [0.15, 0.2) is 5.82 Å². The number of likely N-dealkylation sites (tertiary alicyclic amines) is 1. The zero-order chi connectivity index (χ0) is 42.5. The monoisotopic (exact) mass is 836 g/mol. The van der Waals surface area contributed by atoms with Gasteiger partial charge in [-0.25, -0.2) is 17.8 Å². The second-order valence-corrected chi connectivity index (χ2v) is 17.9. The lowest BCUT2D eigenvalue weighted by Gasteiger charge is -2.30. The van der Waals surface area contributed by atoms with Crippen molar-refractivity contribution in [1.29, 1.82) is 0 Å². The number of nitrogens with one attached hydrogen (secondary N) is 3. The van der Waals surface area contributed by atoms with Crippen LogP contribution in [0.3, 0.4) is 0 Å². The highest BCUT2D eigenvalue weighted by atomic mass is 32.2. The molecule has 0 spiro atoms. The Morgan fingerprint density at radius 2 is 1.75 bits per heavy atom. The summed E-state index contributed by atoms with van der Waals surface area (Å²) in [5.74, 6) is -2.00. The number of benzene rings is 3. The van der Waals surface area contributed by atoms with Gasteiger partial charge in [-0.15, -0.1) is 6.58 Å². The second kappa shape index (κ2) is 15.7. The van der Waals surface area contributed by atoms with Crippen molar-refractivity contribution in [2.45, 2.75) is 81.5 Å². The van der Waals surface area contributed by atoms with Crippen LogP contribution in [0.15, 0.2) is 102 Å². The Kier molecular flexibility index (Phi) is 10.6. The first-order valence-corrected chi connectivity index (χ1v) is 21.3. The fourth-order valence-electron chi connectivity index (χ4n) is 7.56. The number of carbonyl (C=O) groups excluding carboxylic acids is 3. The molecular weight excluding hydrogens is 792 g/mol. The first-order valence-electron chi connectivity index (χ1n) is 19.8. The van der Waals surface area contributed by atoms with Gasteiger partial charge in [0.25, 0.3) is 11.8 Å². The van der Waals surface area contributed by atoms with E-state index in [2.05, 4.69) is 28.5 Å². The molecule has 3 aliphatic rings. The van der Waals surface area contributed by atoms with Gasteiger partial charge in [0.1, 0.15) is 46.4 Å². The lowest BCUT2D eigenvalue weighted by Crippen LogP contribution is -2.57. The summed E-state index contributed by atoms with van der Waals surface area (Å²) in [5, 5.41) is 5.97. The highest BCUT2D eigenvalue weighted by Gasteiger charge is 2.62. The highest BCUT2D eigenvalue weighted by Crippen LogP contribution is 2.46. The number of halogens is 1. The maximum absolute atomic E-state index is 14.6. The van der Waals surface area contributed by atoms with Crippen LogP contribution in [0, 0.1) is 11.7 Å². The maximum Gasteiger partial charge on any atom is 0.262 e. The minimum absolute atomic E-state index is 0.0206. The predicted octanol–water partition coefficient (Wildman–Crippen LogP) is 6.04. The van der Waals surface area contributed by atoms with Crippen LogP contribution in [0.5, 0.6) is 11.6 Å². The van der Waals surface area contributed by atoms with Crippen LogP contribution in [0.25, 0.3) is 33.5 Å². The number of hydrogen-bond donors (Lipinski definition) is 3. The Balaban J connectivity index is 1.13. The van der Waals surface area contributed by atoms with Crippen molar-refractivity contribution in [3.05, 3.63) is 103 Å². The summed E-state index contributed by atoms with van der Waals surface area (Å²) in [4.78, 5) is 53.7. The van der Waals surface area contributed by atoms with Crippen LogP contribution in [-0.2, 0) is 24.4 Å². The molecule has 3 aromatic carbocycles. The van der Waals surface area contributed by atoms with Crippen molar-refractivity contribution in [2.24, 2.45) is 5.92 Å². The van der Waals surface area contributed by atoms with E-state index in [9.17, 15) is 27.2 Å². The van der Waals surface area contributed by atoms with Crippen molar-refractivity contribution in [2.75, 3.05) is 11.9 Å². The molecule has 1 saturated heterocycles. The van der Waals surface area contributed by atoms with E-state index in [4.69, 9.17) is 23.9 Å². The van der Waals surface area contributed by atoms with Crippen molar-refractivity contribution in [1.82, 2.24) is 24.9 Å². The van der Waals surface area contributed by atoms with E-state index >= 15 is 0 Å². The Hall–Kier alpha value is -6.29. The number of anilines is 1. The topological polar surface area (TPSA) is 182 Å². The smallest absolute Gasteiger partial charge is 0.262 e. The van der Waals surface area contributed by atoms with Gasteiger partial charge in [0.2, 0.25) is 27.4 Å². The molecule has 3 amide bonds. The van der Waals surface area contributed by atoms with Gasteiger partial charge < -0.3 is 29.4 Å². The lowest BCUT2D eigenvalue weighted by molar-refractivity contribution is -0.139. The average molecular weight is 837 g/mol. The molecule has 60 heavy (non-hydrogen) atoms. The third kappa shape index (κ3) is 8.03. The summed E-state index contributed by atoms with van der Waals surface area (Å²) in [7, 11) is -3.93. The van der Waals surface area contributed by atoms with E-state index in [-0.39, 0.29) is 37.0 Å². The molecule has 2 aromatic heterocycles. The molecule has 8 rings (SSSR count). The fourth-order valence-corrected chi connectivity index (χ4v) is 8.92. The lowest BCUT2D eigenvalue weighted by atomic mass is 10.1. The molecule has 2 saturated carbocycles. The van der Waals surface area contributed by atoms with Crippen LogP contribution >= 0.6 is 0 Å². The molecule has 2 aliphatic carbocycles. The molecule has 3 N–H and O–H groups in total. The van der Waals surface area contributed by atoms with E-state index in [0.717, 1.165) is 5.39 Å². The molecule has 5 aromatic rings. The number of fused-ring (bicyclic) bond motifs is 3. The quantitative estimate of drug-likeness (QED) is 0.105. The highest BCUT2D eigenvalue weighted by molar-refractivity contribution is 7.91. The van der Waals surface area contributed by atoms with E-state index in [0.29, 0.717) is 52.3 Å². The van der Waals surface area contributed by atoms with Crippen molar-refractivity contribution >= 4 is 55.5 Å². The van der Waals surface area contributed by atoms with Gasteiger partial charge in [-0.05, 0) is 106 Å². The van der Waals surface area contributed by atoms with Crippen LogP contribution in [0.2, 0.25) is 0 Å². The minimum atomic E-state index is -3.93. The summed E-state index contributed by atoms with van der Waals surface area (Å²) in [6, 6.07) is 17.9. The van der Waals surface area contributed by atoms with Crippen molar-refractivity contribution < 1.29 is 41.1 Å². The standard InChI is InChI=1S/C44H45FN6O8S/c1-6-27-22-44(27,43(54)50-60(55,56)32-19-20-32)49-40(52)34-21-31(23-51(34)42(53)36(24(2)3)46-29-15-13-28(45)14-16-29)58-41-38-37(33-9-7-8-10-35(33)59-38)47-39(48-41)26-11-17-30(18-12-26)57-25(4)5/h6-18,25,27,31-32,34,36,46H,1-2,19-23H2,3-5H3,(H,49,52)(H,50,54)/t27-,31-,34+,36+,44-/m1/s1. The van der Waals surface area contributed by atoms with Crippen molar-refractivity contribution in [3.8, 4) is 23.0 Å². The Morgan fingerprint density at radius 1 is 1.03 bits per heavy atom. The largest absolute Gasteiger partial charge is 0.491 e. The number of aromatic nitrogens is 2. The molecule has 3 fully saturated rings. The summed E-state index contributed by atoms with van der Waals surface area (Å²) >= 11 is 0. The number of amides is 3. The number of carbonyl (C=O) groups is 3. The number of ether oxygens (including phenoxy) is 2. The number of sulfonamides is 1. The van der Waals surface area contributed by atoms with E-state index < -0.39 is 68.5 Å². The number of para-hydroxylation sites is 1. The van der Waals surface area contributed by atoms with E-state index in [1.807, 2.05) is 56.3 Å². The second-order valence-electron chi connectivity index (χ2n) is 15.9. The molecular formula is C44H45FN6O8S. The third-order valence-corrected chi connectivity index (χ3v) is 12.8. The van der Waals surface area contributed by atoms with Gasteiger partial charge in [-0.2, -0.15) is 4.98 Å². The fraction of sp³-hybridized carbons (Fsp3) is 0.341. The number of nitrogens with zero attached hydrogens (tertiary/aromatic N) is 3. The van der Waals surface area contributed by atoms with Crippen molar-refractivity contribution in [3.63, 3.8) is 0 Å². The molecule has 0 unspecified atom stereocenters. The van der Waals surface area contributed by atoms with E-state index in [1.165, 1.54) is 35.2 Å². The first kappa shape index (κ1) is 40.5. The number of hydrogen-bond acceptors (Lipinski definition) is 11. The Labute approximate surface area is 346 Å². The van der Waals surface area contributed by atoms with Crippen LogP contribution in [0.1, 0.15) is 46.5 Å². The molecule has 312 valence electrons. The molecule has 3 heterocycles. The summed E-state index contributed by atoms with van der Waals surface area (Å²) < 4.78 is 60.3. The number of rotatable bonds is 15. The van der Waals surface area contributed by atoms with Crippen LogP contribution in [0.4, 0.5) is 10.1 Å². The van der Waals surface area contributed by atoms with Gasteiger partial charge in [-0.1, -0.05) is 24.8 Å². The summed E-state index contributed by atoms with van der Waals surface area (Å²) in [5.41, 5.74) is 1.25. The van der Waals surface area contributed by atoms with Crippen LogP contribution < -0.4 is 24.8 Å². The minimum Gasteiger partial charge on any atom is -0.491 e. The third-order valence-electron chi connectivity index (χ3n) is 10.9. The first-order chi connectivity index (χ1) is 28.6. The molecule has 14 nitrogen and oxygen atoms in total. The van der Waals surface area contributed by atoms with Gasteiger partial charge in [0, 0.05) is 29.0 Å². The zero-order valence-electron chi connectivity index (χ0n) is 33.3. The molecule has 0 radical (unpaired) electrons. The molecule has 1 aliphatic heterocycles. The number of furan rings is 1. The normalized spacial score (nSPS) is 21.7. The SMILES string of the molecule is C=C[C@@H]1C[C@]1(NC(=O)[C@@H]1C[C@@H](Oc2nc(-c3ccc(OC(C)C)cc3)nc3c2oc2ccccc23)CN1C(=O)[C@@H](Nc1ccc(F)cc1)C(=C)C)C(=O)NS(=O)(=O)C1CC1. The summed E-state index contributed by atoms with van der Waals surface area (Å²) in [6.45, 7) is 13.2. The Morgan fingerprint density at radius 3 is 2.40 bits per heavy atom. The zero-order valence-corrected chi connectivity index (χ0v) is 34.1. The van der Waals surface area contributed by atoms with E-state index in [1.54, 1.807) is 13.0 Å². The molecule has 5 atom stereocenters. The predicted molar refractivity (Wildman–Crippen MR) is 223 cm³/mol.